The summed E-state index contributed by atoms with van der Waals surface area (Å²) in [5.74, 6) is 0.909. The third kappa shape index (κ3) is 2.38. The molecule has 3 rings (SSSR count). The quantitative estimate of drug-likeness (QED) is 0.916. The molecule has 2 fully saturated rings. The molecule has 0 aliphatic carbocycles. The molecule has 0 spiro atoms. The smallest absolute Gasteiger partial charge is 0.125 e. The van der Waals surface area contributed by atoms with Crippen LogP contribution < -0.4 is 15.4 Å². The molecule has 0 amide bonds. The van der Waals surface area contributed by atoms with Crippen LogP contribution in [0.3, 0.4) is 0 Å². The van der Waals surface area contributed by atoms with Gasteiger partial charge in [0.2, 0.25) is 0 Å². The van der Waals surface area contributed by atoms with E-state index in [2.05, 4.69) is 21.9 Å². The number of hydrogen-bond donors (Lipinski definition) is 1. The fourth-order valence-corrected chi connectivity index (χ4v) is 3.65. The predicted molar refractivity (Wildman–Crippen MR) is 82.4 cm³/mol. The van der Waals surface area contributed by atoms with Crippen LogP contribution in [-0.2, 0) is 0 Å². The molecule has 2 N–H and O–H groups in total. The lowest BCUT2D eigenvalue weighted by atomic mass is 10.0. The Kier molecular flexibility index (Phi) is 3.85. The first-order valence-corrected chi connectivity index (χ1v) is 7.62. The summed E-state index contributed by atoms with van der Waals surface area (Å²) in [7, 11) is 1.72. The summed E-state index contributed by atoms with van der Waals surface area (Å²) in [6, 6.07) is 6.97. The van der Waals surface area contributed by atoms with Crippen LogP contribution >= 0.6 is 0 Å². The molecule has 4 heteroatoms. The first-order chi connectivity index (χ1) is 9.70. The zero-order valence-electron chi connectivity index (χ0n) is 12.5. The van der Waals surface area contributed by atoms with Crippen molar-refractivity contribution in [2.24, 2.45) is 5.73 Å². The highest BCUT2D eigenvalue weighted by Crippen LogP contribution is 2.35. The first-order valence-electron chi connectivity index (χ1n) is 7.62. The number of nitrogens with zero attached hydrogens (tertiary/aromatic N) is 2. The van der Waals surface area contributed by atoms with E-state index in [1.54, 1.807) is 7.11 Å². The molecule has 0 aromatic heterocycles. The van der Waals surface area contributed by atoms with E-state index < -0.39 is 0 Å². The Bertz CT molecular complexity index is 475. The van der Waals surface area contributed by atoms with Crippen LogP contribution in [0.4, 0.5) is 5.69 Å². The summed E-state index contributed by atoms with van der Waals surface area (Å²) < 4.78 is 5.51. The highest BCUT2D eigenvalue weighted by molar-refractivity contribution is 5.61. The van der Waals surface area contributed by atoms with Gasteiger partial charge in [0.1, 0.15) is 5.75 Å². The number of nitrogens with two attached hydrogens (primary N) is 1. The minimum absolute atomic E-state index is 0.0113. The summed E-state index contributed by atoms with van der Waals surface area (Å²) >= 11 is 0. The van der Waals surface area contributed by atoms with Gasteiger partial charge in [0.15, 0.2) is 0 Å². The summed E-state index contributed by atoms with van der Waals surface area (Å²) in [5.41, 5.74) is 8.58. The maximum Gasteiger partial charge on any atom is 0.125 e. The number of piperazine rings is 1. The maximum atomic E-state index is 6.19. The number of hydrogen-bond acceptors (Lipinski definition) is 4. The number of fused-ring (bicyclic) bond motifs is 1. The average Bonchev–Trinajstić information content (AvgIpc) is 2.93. The van der Waals surface area contributed by atoms with Crippen LogP contribution in [0, 0.1) is 0 Å². The lowest BCUT2D eigenvalue weighted by Crippen LogP contribution is -2.50. The summed E-state index contributed by atoms with van der Waals surface area (Å²) in [6.45, 7) is 6.68. The molecular weight excluding hydrogens is 250 g/mol. The second-order valence-electron chi connectivity index (χ2n) is 5.96. The molecule has 0 bridgehead atoms. The van der Waals surface area contributed by atoms with Crippen molar-refractivity contribution in [1.29, 1.82) is 0 Å². The largest absolute Gasteiger partial charge is 0.496 e. The monoisotopic (exact) mass is 275 g/mol. The molecule has 4 nitrogen and oxygen atoms in total. The van der Waals surface area contributed by atoms with Crippen molar-refractivity contribution >= 4 is 5.69 Å². The van der Waals surface area contributed by atoms with E-state index in [1.807, 2.05) is 13.0 Å². The molecule has 1 unspecified atom stereocenters. The van der Waals surface area contributed by atoms with Gasteiger partial charge in [-0.25, -0.2) is 0 Å². The SMILES string of the molecule is COc1cccc(N2CCN3CCCC3C2)c1[C@H](C)N. The molecule has 1 aromatic carbocycles. The van der Waals surface area contributed by atoms with Crippen LogP contribution in [0.2, 0.25) is 0 Å². The summed E-state index contributed by atoms with van der Waals surface area (Å²) in [6.07, 6.45) is 2.67. The molecule has 2 saturated heterocycles. The predicted octanol–water partition coefficient (Wildman–Crippen LogP) is 2.00. The zero-order valence-corrected chi connectivity index (χ0v) is 12.5. The van der Waals surface area contributed by atoms with Crippen molar-refractivity contribution in [2.45, 2.75) is 31.8 Å². The van der Waals surface area contributed by atoms with E-state index in [4.69, 9.17) is 10.5 Å². The maximum absolute atomic E-state index is 6.19. The van der Waals surface area contributed by atoms with E-state index in [1.165, 1.54) is 31.6 Å². The standard InChI is InChI=1S/C16H25N3O/c1-12(17)16-14(6-3-7-15(16)20-2)19-10-9-18-8-4-5-13(18)11-19/h3,6-7,12-13H,4-5,8-11,17H2,1-2H3/t12-,13?/m0/s1. The Hall–Kier alpha value is -1.26. The minimum atomic E-state index is -0.0113. The lowest BCUT2D eigenvalue weighted by molar-refractivity contribution is 0.230. The van der Waals surface area contributed by atoms with Crippen molar-refractivity contribution in [3.63, 3.8) is 0 Å². The highest BCUT2D eigenvalue weighted by Gasteiger charge is 2.31. The van der Waals surface area contributed by atoms with E-state index >= 15 is 0 Å². The van der Waals surface area contributed by atoms with Gasteiger partial charge in [-0.05, 0) is 38.4 Å². The van der Waals surface area contributed by atoms with Crippen LogP contribution in [0.5, 0.6) is 5.75 Å². The van der Waals surface area contributed by atoms with Crippen LogP contribution in [-0.4, -0.2) is 44.2 Å². The van der Waals surface area contributed by atoms with Crippen molar-refractivity contribution in [1.82, 2.24) is 4.90 Å². The second-order valence-corrected chi connectivity index (χ2v) is 5.96. The lowest BCUT2D eigenvalue weighted by Gasteiger charge is -2.40. The second kappa shape index (κ2) is 5.62. The zero-order chi connectivity index (χ0) is 14.1. The molecule has 0 saturated carbocycles. The Morgan fingerprint density at radius 3 is 2.90 bits per heavy atom. The van der Waals surface area contributed by atoms with E-state index in [0.717, 1.165) is 30.4 Å². The van der Waals surface area contributed by atoms with Gasteiger partial charge in [-0.3, -0.25) is 4.90 Å². The molecule has 110 valence electrons. The Morgan fingerprint density at radius 1 is 1.30 bits per heavy atom. The van der Waals surface area contributed by atoms with Crippen molar-refractivity contribution in [3.05, 3.63) is 23.8 Å². The van der Waals surface area contributed by atoms with E-state index in [-0.39, 0.29) is 6.04 Å². The summed E-state index contributed by atoms with van der Waals surface area (Å²) in [5, 5.41) is 0. The number of methoxy groups -OCH3 is 1. The fourth-order valence-electron chi connectivity index (χ4n) is 3.65. The number of benzene rings is 1. The molecular formula is C16H25N3O. The number of ether oxygens (including phenoxy) is 1. The van der Waals surface area contributed by atoms with Crippen molar-refractivity contribution in [2.75, 3.05) is 38.2 Å². The van der Waals surface area contributed by atoms with E-state index in [9.17, 15) is 0 Å². The Balaban J connectivity index is 1.89. The first kappa shape index (κ1) is 13.7. The van der Waals surface area contributed by atoms with Gasteiger partial charge in [-0.1, -0.05) is 6.07 Å². The third-order valence-corrected chi connectivity index (χ3v) is 4.65. The number of anilines is 1. The van der Waals surface area contributed by atoms with Gasteiger partial charge in [0.05, 0.1) is 7.11 Å². The minimum Gasteiger partial charge on any atom is -0.496 e. The molecule has 20 heavy (non-hydrogen) atoms. The molecule has 2 aliphatic rings. The van der Waals surface area contributed by atoms with Gasteiger partial charge in [-0.2, -0.15) is 0 Å². The summed E-state index contributed by atoms with van der Waals surface area (Å²) in [4.78, 5) is 5.12. The normalized spacial score (nSPS) is 24.6. The molecule has 2 heterocycles. The Morgan fingerprint density at radius 2 is 2.15 bits per heavy atom. The van der Waals surface area contributed by atoms with Crippen LogP contribution in [0.1, 0.15) is 31.4 Å². The van der Waals surface area contributed by atoms with Crippen LogP contribution in [0.25, 0.3) is 0 Å². The van der Waals surface area contributed by atoms with Gasteiger partial charge < -0.3 is 15.4 Å². The molecule has 0 radical (unpaired) electrons. The molecule has 1 aromatic rings. The number of rotatable bonds is 3. The van der Waals surface area contributed by atoms with Gasteiger partial charge in [0, 0.05) is 43.0 Å². The van der Waals surface area contributed by atoms with Gasteiger partial charge >= 0.3 is 0 Å². The highest BCUT2D eigenvalue weighted by atomic mass is 16.5. The molecule has 2 aliphatic heterocycles. The van der Waals surface area contributed by atoms with Crippen LogP contribution in [0.15, 0.2) is 18.2 Å². The topological polar surface area (TPSA) is 41.7 Å². The average molecular weight is 275 g/mol. The third-order valence-electron chi connectivity index (χ3n) is 4.65. The van der Waals surface area contributed by atoms with E-state index in [0.29, 0.717) is 0 Å². The van der Waals surface area contributed by atoms with Crippen molar-refractivity contribution < 1.29 is 4.74 Å². The Labute approximate surface area is 121 Å². The fraction of sp³-hybridized carbons (Fsp3) is 0.625. The molecule has 2 atom stereocenters. The van der Waals surface area contributed by atoms with Gasteiger partial charge in [0.25, 0.3) is 0 Å². The van der Waals surface area contributed by atoms with Crippen molar-refractivity contribution in [3.8, 4) is 5.75 Å². The van der Waals surface area contributed by atoms with Gasteiger partial charge in [-0.15, -0.1) is 0 Å².